The van der Waals surface area contributed by atoms with Crippen molar-refractivity contribution in [2.24, 2.45) is 0 Å². The van der Waals surface area contributed by atoms with Gasteiger partial charge in [0.05, 0.1) is 11.9 Å². The smallest absolute Gasteiger partial charge is 0.374 e. The van der Waals surface area contributed by atoms with E-state index in [2.05, 4.69) is 25.2 Å². The maximum absolute atomic E-state index is 12.6. The number of rotatable bonds is 5. The molecule has 0 aromatic carbocycles. The average Bonchev–Trinajstić information content (AvgIpc) is 2.69. The summed E-state index contributed by atoms with van der Waals surface area (Å²) in [6.45, 7) is 4.51. The quantitative estimate of drug-likeness (QED) is 0.620. The summed E-state index contributed by atoms with van der Waals surface area (Å²) in [4.78, 5) is 26.9. The largest absolute Gasteiger partial charge is 0.433 e. The van der Waals surface area contributed by atoms with E-state index in [1.54, 1.807) is 13.1 Å². The van der Waals surface area contributed by atoms with E-state index in [-0.39, 0.29) is 0 Å². The number of halogens is 3. The van der Waals surface area contributed by atoms with Gasteiger partial charge in [0.2, 0.25) is 0 Å². The first-order chi connectivity index (χ1) is 13.4. The van der Waals surface area contributed by atoms with Crippen molar-refractivity contribution >= 4 is 23.6 Å². The molecule has 7 nitrogen and oxygen atoms in total. The highest BCUT2D eigenvalue weighted by atomic mass is 19.4. The summed E-state index contributed by atoms with van der Waals surface area (Å²) in [5.74, 6) is 1.05. The molecule has 1 fully saturated rings. The zero-order valence-electron chi connectivity index (χ0n) is 15.1. The van der Waals surface area contributed by atoms with E-state index in [0.29, 0.717) is 49.1 Å². The number of allylic oxidation sites excluding steroid dienone is 1. The third-order valence-electron chi connectivity index (χ3n) is 4.18. The number of hydrogen-bond acceptors (Lipinski definition) is 7. The Morgan fingerprint density at radius 2 is 1.82 bits per heavy atom. The van der Waals surface area contributed by atoms with Crippen molar-refractivity contribution in [2.45, 2.75) is 13.1 Å². The predicted octanol–water partition coefficient (Wildman–Crippen LogP) is 2.86. The minimum Gasteiger partial charge on any atom is -0.374 e. The number of aldehydes is 1. The first-order valence-electron chi connectivity index (χ1n) is 8.60. The third-order valence-corrected chi connectivity index (χ3v) is 4.18. The Bertz CT molecular complexity index is 845. The van der Waals surface area contributed by atoms with Crippen molar-refractivity contribution in [3.63, 3.8) is 0 Å². The Balaban J connectivity index is 1.71. The van der Waals surface area contributed by atoms with Crippen LogP contribution >= 0.6 is 0 Å². The lowest BCUT2D eigenvalue weighted by molar-refractivity contribution is -0.141. The molecule has 10 heteroatoms. The number of aromatic nitrogens is 3. The van der Waals surface area contributed by atoms with Crippen LogP contribution in [0.4, 0.5) is 30.5 Å². The van der Waals surface area contributed by atoms with Gasteiger partial charge in [0.15, 0.2) is 11.6 Å². The fourth-order valence-electron chi connectivity index (χ4n) is 2.80. The summed E-state index contributed by atoms with van der Waals surface area (Å²) < 4.78 is 37.9. The van der Waals surface area contributed by atoms with Crippen molar-refractivity contribution in [1.82, 2.24) is 19.9 Å². The molecule has 1 aliphatic heterocycles. The molecule has 0 aliphatic carbocycles. The second-order valence-corrected chi connectivity index (χ2v) is 6.30. The SMILES string of the molecule is CC(C=O)=CN1CCN(c2nccnc2Nc2ccc(C(F)(F)F)nc2)CC1. The van der Waals surface area contributed by atoms with Crippen LogP contribution < -0.4 is 10.2 Å². The van der Waals surface area contributed by atoms with Crippen molar-refractivity contribution in [1.29, 1.82) is 0 Å². The van der Waals surface area contributed by atoms with E-state index in [4.69, 9.17) is 0 Å². The number of nitrogens with zero attached hydrogens (tertiary/aromatic N) is 5. The monoisotopic (exact) mass is 392 g/mol. The maximum atomic E-state index is 12.6. The summed E-state index contributed by atoms with van der Waals surface area (Å²) in [5.41, 5.74) is 0.0928. The number of alkyl halides is 3. The van der Waals surface area contributed by atoms with Crippen LogP contribution in [-0.4, -0.2) is 52.3 Å². The molecule has 3 rings (SSSR count). The van der Waals surface area contributed by atoms with Gasteiger partial charge in [-0.3, -0.25) is 4.79 Å². The minimum atomic E-state index is -4.48. The van der Waals surface area contributed by atoms with Crippen LogP contribution in [0.15, 0.2) is 42.5 Å². The lowest BCUT2D eigenvalue weighted by atomic mass is 10.3. The Labute approximate surface area is 159 Å². The third kappa shape index (κ3) is 4.76. The lowest BCUT2D eigenvalue weighted by Gasteiger charge is -2.35. The zero-order valence-corrected chi connectivity index (χ0v) is 15.1. The zero-order chi connectivity index (χ0) is 20.1. The summed E-state index contributed by atoms with van der Waals surface area (Å²) in [6.07, 6.45) is 2.35. The Morgan fingerprint density at radius 3 is 2.43 bits per heavy atom. The van der Waals surface area contributed by atoms with E-state index in [0.717, 1.165) is 18.5 Å². The summed E-state index contributed by atoms with van der Waals surface area (Å²) >= 11 is 0. The van der Waals surface area contributed by atoms with E-state index in [1.165, 1.54) is 12.3 Å². The van der Waals surface area contributed by atoms with E-state index in [1.807, 2.05) is 11.1 Å². The van der Waals surface area contributed by atoms with Gasteiger partial charge in [-0.05, 0) is 19.1 Å². The van der Waals surface area contributed by atoms with Gasteiger partial charge in [-0.1, -0.05) is 0 Å². The highest BCUT2D eigenvalue weighted by molar-refractivity contribution is 5.72. The summed E-state index contributed by atoms with van der Waals surface area (Å²) in [5, 5.41) is 2.98. The lowest BCUT2D eigenvalue weighted by Crippen LogP contribution is -2.44. The van der Waals surface area contributed by atoms with Gasteiger partial charge in [0.1, 0.15) is 12.0 Å². The molecule has 3 heterocycles. The molecule has 0 atom stereocenters. The standard InChI is InChI=1S/C18H19F3N6O/c1-13(12-28)11-26-6-8-27(9-7-26)17-16(22-4-5-23-17)25-14-2-3-15(24-10-14)18(19,20)21/h2-5,10-12H,6-9H2,1H3,(H,22,25). The molecule has 28 heavy (non-hydrogen) atoms. The number of anilines is 3. The fraction of sp³-hybridized carbons (Fsp3) is 0.333. The number of piperazine rings is 1. The second kappa shape index (κ2) is 8.24. The molecular weight excluding hydrogens is 373 g/mol. The Kier molecular flexibility index (Phi) is 5.76. The van der Waals surface area contributed by atoms with E-state index < -0.39 is 11.9 Å². The van der Waals surface area contributed by atoms with Gasteiger partial charge in [-0.15, -0.1) is 0 Å². The van der Waals surface area contributed by atoms with Crippen LogP contribution in [-0.2, 0) is 11.0 Å². The molecule has 2 aromatic heterocycles. The van der Waals surface area contributed by atoms with Crippen LogP contribution in [0.5, 0.6) is 0 Å². The molecule has 2 aromatic rings. The van der Waals surface area contributed by atoms with Crippen LogP contribution in [0.1, 0.15) is 12.6 Å². The molecular formula is C18H19F3N6O. The average molecular weight is 392 g/mol. The Hall–Kier alpha value is -3.17. The maximum Gasteiger partial charge on any atom is 0.433 e. The molecule has 0 spiro atoms. The number of hydrogen-bond donors (Lipinski definition) is 1. The molecule has 0 amide bonds. The van der Waals surface area contributed by atoms with Crippen molar-refractivity contribution in [3.8, 4) is 0 Å². The molecule has 1 N–H and O–H groups in total. The fourth-order valence-corrected chi connectivity index (χ4v) is 2.80. The van der Waals surface area contributed by atoms with Gasteiger partial charge < -0.3 is 15.1 Å². The molecule has 1 aliphatic rings. The molecule has 0 radical (unpaired) electrons. The van der Waals surface area contributed by atoms with Crippen LogP contribution in [0.3, 0.4) is 0 Å². The van der Waals surface area contributed by atoms with Crippen LogP contribution in [0.2, 0.25) is 0 Å². The van der Waals surface area contributed by atoms with E-state index >= 15 is 0 Å². The van der Waals surface area contributed by atoms with Gasteiger partial charge in [-0.2, -0.15) is 13.2 Å². The predicted molar refractivity (Wildman–Crippen MR) is 98.2 cm³/mol. The minimum absolute atomic E-state index is 0.387. The van der Waals surface area contributed by atoms with Gasteiger partial charge in [-0.25, -0.2) is 15.0 Å². The molecule has 1 saturated heterocycles. The van der Waals surface area contributed by atoms with Crippen LogP contribution in [0, 0.1) is 0 Å². The van der Waals surface area contributed by atoms with Gasteiger partial charge >= 0.3 is 6.18 Å². The summed E-state index contributed by atoms with van der Waals surface area (Å²) in [7, 11) is 0. The van der Waals surface area contributed by atoms with Crippen LogP contribution in [0.25, 0.3) is 0 Å². The number of carbonyl (C=O) groups excluding carboxylic acids is 1. The number of nitrogens with one attached hydrogen (secondary N) is 1. The topological polar surface area (TPSA) is 74.2 Å². The highest BCUT2D eigenvalue weighted by Crippen LogP contribution is 2.29. The van der Waals surface area contributed by atoms with Gasteiger partial charge in [0.25, 0.3) is 0 Å². The Morgan fingerprint density at radius 1 is 1.11 bits per heavy atom. The first-order valence-corrected chi connectivity index (χ1v) is 8.60. The molecule has 0 bridgehead atoms. The second-order valence-electron chi connectivity index (χ2n) is 6.30. The van der Waals surface area contributed by atoms with Crippen molar-refractivity contribution in [2.75, 3.05) is 36.4 Å². The van der Waals surface area contributed by atoms with Crippen molar-refractivity contribution in [3.05, 3.63) is 48.2 Å². The van der Waals surface area contributed by atoms with Gasteiger partial charge in [0, 0.05) is 50.3 Å². The molecule has 0 saturated carbocycles. The summed E-state index contributed by atoms with van der Waals surface area (Å²) in [6, 6.07) is 2.22. The molecule has 148 valence electrons. The van der Waals surface area contributed by atoms with E-state index in [9.17, 15) is 18.0 Å². The van der Waals surface area contributed by atoms with Crippen molar-refractivity contribution < 1.29 is 18.0 Å². The highest BCUT2D eigenvalue weighted by Gasteiger charge is 2.32. The normalized spacial score (nSPS) is 15.5. The number of carbonyl (C=O) groups is 1. The number of pyridine rings is 1. The first kappa shape index (κ1) is 19.6. The molecule has 0 unspecified atom stereocenters.